The third-order valence-electron chi connectivity index (χ3n) is 2.11. The predicted molar refractivity (Wildman–Crippen MR) is 47.7 cm³/mol. The van der Waals surface area contributed by atoms with Crippen LogP contribution in [0.1, 0.15) is 6.92 Å². The first-order chi connectivity index (χ1) is 6.19. The first-order valence-electron chi connectivity index (χ1n) is 4.22. The van der Waals surface area contributed by atoms with E-state index in [9.17, 15) is 9.59 Å². The second-order valence-electron chi connectivity index (χ2n) is 2.84. The molecule has 13 heavy (non-hydrogen) atoms. The lowest BCUT2D eigenvalue weighted by Crippen LogP contribution is -2.51. The number of carbonyl (C=O) groups is 2. The van der Waals surface area contributed by atoms with Crippen LogP contribution in [0.3, 0.4) is 0 Å². The lowest BCUT2D eigenvalue weighted by atomic mass is 10.3. The number of likely N-dealkylation sites (N-methyl/N-ethyl adjacent to an activating group) is 1. The fraction of sp³-hybridized carbons (Fsp3) is 0.556. The SMILES string of the molecule is C#CC(=O)N1CCN(CC)C(=O)C1. The summed E-state index contributed by atoms with van der Waals surface area (Å²) in [7, 11) is 0. The molecule has 70 valence electrons. The number of piperazine rings is 1. The van der Waals surface area contributed by atoms with Gasteiger partial charge in [-0.2, -0.15) is 0 Å². The van der Waals surface area contributed by atoms with Crippen LogP contribution in [-0.2, 0) is 9.59 Å². The number of terminal acetylenes is 1. The fourth-order valence-electron chi connectivity index (χ4n) is 1.31. The molecule has 0 radical (unpaired) electrons. The maximum atomic E-state index is 11.3. The van der Waals surface area contributed by atoms with Crippen molar-refractivity contribution in [2.75, 3.05) is 26.2 Å². The monoisotopic (exact) mass is 180 g/mol. The molecule has 1 heterocycles. The van der Waals surface area contributed by atoms with Crippen LogP contribution in [0.25, 0.3) is 0 Å². The minimum Gasteiger partial charge on any atom is -0.340 e. The standard InChI is InChI=1S/C9H12N2O2/c1-3-8(12)11-6-5-10(4-2)9(13)7-11/h1H,4-7H2,2H3. The van der Waals surface area contributed by atoms with Gasteiger partial charge < -0.3 is 9.80 Å². The van der Waals surface area contributed by atoms with Crippen LogP contribution in [0.15, 0.2) is 0 Å². The van der Waals surface area contributed by atoms with Crippen LogP contribution in [-0.4, -0.2) is 47.8 Å². The molecule has 0 atom stereocenters. The molecule has 0 aromatic heterocycles. The lowest BCUT2D eigenvalue weighted by Gasteiger charge is -2.32. The van der Waals surface area contributed by atoms with E-state index in [4.69, 9.17) is 6.42 Å². The topological polar surface area (TPSA) is 40.6 Å². The Hall–Kier alpha value is -1.50. The van der Waals surface area contributed by atoms with Gasteiger partial charge in [0, 0.05) is 19.6 Å². The molecule has 0 bridgehead atoms. The van der Waals surface area contributed by atoms with Crippen molar-refractivity contribution in [2.24, 2.45) is 0 Å². The number of hydrogen-bond acceptors (Lipinski definition) is 2. The number of carbonyl (C=O) groups excluding carboxylic acids is 2. The number of rotatable bonds is 1. The van der Waals surface area contributed by atoms with E-state index in [0.29, 0.717) is 19.6 Å². The molecule has 1 fully saturated rings. The number of nitrogens with zero attached hydrogens (tertiary/aromatic N) is 2. The summed E-state index contributed by atoms with van der Waals surface area (Å²) < 4.78 is 0. The molecule has 1 aliphatic heterocycles. The first kappa shape index (κ1) is 9.59. The van der Waals surface area contributed by atoms with Crippen molar-refractivity contribution < 1.29 is 9.59 Å². The summed E-state index contributed by atoms with van der Waals surface area (Å²) in [4.78, 5) is 25.5. The maximum absolute atomic E-state index is 11.3. The van der Waals surface area contributed by atoms with Crippen LogP contribution in [0.4, 0.5) is 0 Å². The van der Waals surface area contributed by atoms with Crippen molar-refractivity contribution in [3.05, 3.63) is 0 Å². The molecular weight excluding hydrogens is 168 g/mol. The van der Waals surface area contributed by atoms with Crippen LogP contribution in [0.2, 0.25) is 0 Å². The zero-order chi connectivity index (χ0) is 9.84. The molecular formula is C9H12N2O2. The molecule has 2 amide bonds. The average Bonchev–Trinajstić information content (AvgIpc) is 2.16. The molecule has 0 N–H and O–H groups in total. The van der Waals surface area contributed by atoms with Crippen molar-refractivity contribution in [1.82, 2.24) is 9.80 Å². The van der Waals surface area contributed by atoms with E-state index in [1.807, 2.05) is 12.8 Å². The van der Waals surface area contributed by atoms with Gasteiger partial charge in [0.05, 0.1) is 0 Å². The zero-order valence-corrected chi connectivity index (χ0v) is 7.62. The molecule has 0 aromatic rings. The zero-order valence-electron chi connectivity index (χ0n) is 7.62. The van der Waals surface area contributed by atoms with Crippen molar-refractivity contribution in [2.45, 2.75) is 6.92 Å². The summed E-state index contributed by atoms with van der Waals surface area (Å²) in [5.74, 6) is 1.58. The second kappa shape index (κ2) is 3.94. The largest absolute Gasteiger partial charge is 0.340 e. The molecule has 0 saturated carbocycles. The molecule has 1 aliphatic rings. The fourth-order valence-corrected chi connectivity index (χ4v) is 1.31. The highest BCUT2D eigenvalue weighted by Crippen LogP contribution is 2.02. The Morgan fingerprint density at radius 1 is 1.62 bits per heavy atom. The molecule has 0 spiro atoms. The van der Waals surface area contributed by atoms with E-state index in [0.717, 1.165) is 0 Å². The Labute approximate surface area is 77.5 Å². The first-order valence-corrected chi connectivity index (χ1v) is 4.22. The minimum absolute atomic E-state index is 0.0302. The van der Waals surface area contributed by atoms with Gasteiger partial charge >= 0.3 is 0 Å². The smallest absolute Gasteiger partial charge is 0.298 e. The summed E-state index contributed by atoms with van der Waals surface area (Å²) in [5.41, 5.74) is 0. The Kier molecular flexibility index (Phi) is 2.91. The summed E-state index contributed by atoms with van der Waals surface area (Å²) in [5, 5.41) is 0. The minimum atomic E-state index is -0.399. The molecule has 1 saturated heterocycles. The van der Waals surface area contributed by atoms with Crippen LogP contribution >= 0.6 is 0 Å². The van der Waals surface area contributed by atoms with E-state index in [2.05, 4.69) is 0 Å². The Bertz CT molecular complexity index is 267. The van der Waals surface area contributed by atoms with Crippen molar-refractivity contribution in [3.63, 3.8) is 0 Å². The average molecular weight is 180 g/mol. The lowest BCUT2D eigenvalue weighted by molar-refractivity contribution is -0.142. The number of hydrogen-bond donors (Lipinski definition) is 0. The van der Waals surface area contributed by atoms with Gasteiger partial charge in [-0.25, -0.2) is 0 Å². The quantitative estimate of drug-likeness (QED) is 0.501. The van der Waals surface area contributed by atoms with Gasteiger partial charge in [-0.1, -0.05) is 0 Å². The van der Waals surface area contributed by atoms with Gasteiger partial charge in [-0.15, -0.1) is 6.42 Å². The highest BCUT2D eigenvalue weighted by Gasteiger charge is 2.24. The van der Waals surface area contributed by atoms with E-state index in [1.54, 1.807) is 4.90 Å². The highest BCUT2D eigenvalue weighted by atomic mass is 16.2. The van der Waals surface area contributed by atoms with E-state index in [1.165, 1.54) is 4.90 Å². The van der Waals surface area contributed by atoms with E-state index in [-0.39, 0.29) is 12.5 Å². The number of amides is 2. The second-order valence-corrected chi connectivity index (χ2v) is 2.84. The van der Waals surface area contributed by atoms with Crippen LogP contribution < -0.4 is 0 Å². The predicted octanol–water partition coefficient (Wildman–Crippen LogP) is -0.690. The normalized spacial score (nSPS) is 17.1. The Morgan fingerprint density at radius 2 is 2.31 bits per heavy atom. The molecule has 0 unspecified atom stereocenters. The molecule has 4 nitrogen and oxygen atoms in total. The van der Waals surface area contributed by atoms with Gasteiger partial charge in [0.2, 0.25) is 5.91 Å². The third-order valence-corrected chi connectivity index (χ3v) is 2.11. The summed E-state index contributed by atoms with van der Waals surface area (Å²) in [6, 6.07) is 0. The summed E-state index contributed by atoms with van der Waals surface area (Å²) >= 11 is 0. The van der Waals surface area contributed by atoms with Gasteiger partial charge in [-0.05, 0) is 12.8 Å². The van der Waals surface area contributed by atoms with Gasteiger partial charge in [0.25, 0.3) is 5.91 Å². The molecule has 4 heteroatoms. The summed E-state index contributed by atoms with van der Waals surface area (Å²) in [6.07, 6.45) is 4.95. The van der Waals surface area contributed by atoms with Crippen molar-refractivity contribution in [1.29, 1.82) is 0 Å². The van der Waals surface area contributed by atoms with Crippen LogP contribution in [0, 0.1) is 12.3 Å². The molecule has 0 aromatic carbocycles. The van der Waals surface area contributed by atoms with Gasteiger partial charge in [0.1, 0.15) is 6.54 Å². The third kappa shape index (κ3) is 2.00. The highest BCUT2D eigenvalue weighted by molar-refractivity contribution is 5.96. The van der Waals surface area contributed by atoms with Crippen molar-refractivity contribution >= 4 is 11.8 Å². The van der Waals surface area contributed by atoms with Crippen molar-refractivity contribution in [3.8, 4) is 12.3 Å². The Morgan fingerprint density at radius 3 is 2.77 bits per heavy atom. The molecule has 0 aliphatic carbocycles. The van der Waals surface area contributed by atoms with Gasteiger partial charge in [0.15, 0.2) is 0 Å². The van der Waals surface area contributed by atoms with Gasteiger partial charge in [-0.3, -0.25) is 9.59 Å². The van der Waals surface area contributed by atoms with Crippen LogP contribution in [0.5, 0.6) is 0 Å². The maximum Gasteiger partial charge on any atom is 0.298 e. The van der Waals surface area contributed by atoms with E-state index >= 15 is 0 Å². The molecule has 1 rings (SSSR count). The Balaban J connectivity index is 2.56. The summed E-state index contributed by atoms with van der Waals surface area (Å²) in [6.45, 7) is 3.86. The van der Waals surface area contributed by atoms with E-state index < -0.39 is 5.91 Å².